The van der Waals surface area contributed by atoms with E-state index in [4.69, 9.17) is 29.2 Å². The summed E-state index contributed by atoms with van der Waals surface area (Å²) in [5.41, 5.74) is 0. The van der Waals surface area contributed by atoms with Crippen molar-refractivity contribution in [2.45, 2.75) is 98.0 Å². The highest BCUT2D eigenvalue weighted by atomic mass is 32.1. The number of hydrogen-bond acceptors (Lipinski definition) is 4. The van der Waals surface area contributed by atoms with Crippen LogP contribution in [0.2, 0.25) is 0 Å². The largest absolute Gasteiger partial charge is 0.463 e. The van der Waals surface area contributed by atoms with Crippen LogP contribution >= 0.6 is 24.4 Å². The molecule has 0 fully saturated rings. The molecule has 0 N–H and O–H groups in total. The number of thiocarbonyl (C=S) groups is 2. The fourth-order valence-corrected chi connectivity index (χ4v) is 3.40. The predicted molar refractivity (Wildman–Crippen MR) is 107 cm³/mol. The Bertz CT molecular complexity index is 364. The number of hydrogen-bond donors (Lipinski definition) is 0. The summed E-state index contributed by atoms with van der Waals surface area (Å²) in [4.78, 5) is 13.9. The van der Waals surface area contributed by atoms with Gasteiger partial charge in [0.05, 0.1) is 6.10 Å². The van der Waals surface area contributed by atoms with Gasteiger partial charge in [0.1, 0.15) is 0 Å². The quantitative estimate of drug-likeness (QED) is 0.209. The molecule has 134 valence electrons. The summed E-state index contributed by atoms with van der Waals surface area (Å²) in [6, 6.07) is 0. The number of rotatable bonds is 14. The Kier molecular flexibility index (Phi) is 13.8. The fraction of sp³-hybridized carbons (Fsp3) is 0.842. The molecule has 4 heteroatoms. The Hall–Kier alpha value is -0.350. The average molecular weight is 359 g/mol. The highest BCUT2D eigenvalue weighted by Gasteiger charge is 2.15. The summed E-state index contributed by atoms with van der Waals surface area (Å²) in [6.45, 7) is 8.11. The second-order valence-corrected chi connectivity index (χ2v) is 7.63. The lowest BCUT2D eigenvalue weighted by molar-refractivity contribution is -0.147. The molecule has 1 atom stereocenters. The van der Waals surface area contributed by atoms with Gasteiger partial charge in [-0.05, 0) is 68.0 Å². The normalized spacial score (nSPS) is 12.2. The lowest BCUT2D eigenvalue weighted by Crippen LogP contribution is -2.15. The molecular weight excluding hydrogens is 324 g/mol. The molecule has 0 aliphatic carbocycles. The second-order valence-electron chi connectivity index (χ2n) is 6.52. The van der Waals surface area contributed by atoms with Crippen molar-refractivity contribution in [3.63, 3.8) is 0 Å². The van der Waals surface area contributed by atoms with Crippen LogP contribution in [0.1, 0.15) is 91.9 Å². The molecule has 0 aliphatic heterocycles. The molecule has 0 aromatic heterocycles. The molecule has 0 radical (unpaired) electrons. The van der Waals surface area contributed by atoms with E-state index in [1.165, 1.54) is 9.73 Å². The first-order valence-electron chi connectivity index (χ1n) is 9.14. The van der Waals surface area contributed by atoms with Gasteiger partial charge in [0.25, 0.3) is 0 Å². The van der Waals surface area contributed by atoms with E-state index in [0.717, 1.165) is 57.8 Å². The Morgan fingerprint density at radius 1 is 0.913 bits per heavy atom. The molecule has 0 spiro atoms. The van der Waals surface area contributed by atoms with E-state index in [9.17, 15) is 4.79 Å². The van der Waals surface area contributed by atoms with Crippen LogP contribution in [-0.4, -0.2) is 21.8 Å². The summed E-state index contributed by atoms with van der Waals surface area (Å²) in [6.07, 6.45) is 9.87. The van der Waals surface area contributed by atoms with Gasteiger partial charge in [-0.2, -0.15) is 0 Å². The molecular formula is C19H34O2S2. The smallest absolute Gasteiger partial charge is 0.306 e. The number of ether oxygens (including phenoxy) is 1. The Labute approximate surface area is 153 Å². The zero-order valence-electron chi connectivity index (χ0n) is 15.4. The first-order valence-corrected chi connectivity index (χ1v) is 9.96. The molecule has 0 aromatic rings. The van der Waals surface area contributed by atoms with E-state index < -0.39 is 0 Å². The minimum atomic E-state index is -0.0863. The first kappa shape index (κ1) is 22.6. The summed E-state index contributed by atoms with van der Waals surface area (Å²) < 4.78 is 5.17. The zero-order chi connectivity index (χ0) is 17.7. The Morgan fingerprint density at radius 3 is 2.13 bits per heavy atom. The van der Waals surface area contributed by atoms with E-state index in [1.54, 1.807) is 0 Å². The fourth-order valence-electron chi connectivity index (χ4n) is 2.64. The Morgan fingerprint density at radius 2 is 1.57 bits per heavy atom. The standard InChI is InChI=1S/C19H34O2S2/c1-5-9-17(22)14-13-16(18(23)10-6-2)11-7-8-12-19(20)21-15(3)4/h15-16H,5-14H2,1-4H3. The molecule has 2 nitrogen and oxygen atoms in total. The maximum Gasteiger partial charge on any atom is 0.306 e. The van der Waals surface area contributed by atoms with Crippen LogP contribution < -0.4 is 0 Å². The molecule has 0 rings (SSSR count). The van der Waals surface area contributed by atoms with Crippen LogP contribution in [0.3, 0.4) is 0 Å². The molecule has 0 aromatic carbocycles. The lowest BCUT2D eigenvalue weighted by atomic mass is 9.90. The molecule has 0 amide bonds. The summed E-state index contributed by atoms with van der Waals surface area (Å²) in [5.74, 6) is 0.387. The van der Waals surface area contributed by atoms with Crippen molar-refractivity contribution in [1.29, 1.82) is 0 Å². The minimum absolute atomic E-state index is 0.0213. The monoisotopic (exact) mass is 358 g/mol. The van der Waals surface area contributed by atoms with Gasteiger partial charge in [-0.15, -0.1) is 0 Å². The van der Waals surface area contributed by atoms with E-state index in [0.29, 0.717) is 12.3 Å². The maximum absolute atomic E-state index is 11.6. The van der Waals surface area contributed by atoms with Crippen LogP contribution in [0, 0.1) is 5.92 Å². The molecule has 23 heavy (non-hydrogen) atoms. The highest BCUT2D eigenvalue weighted by Crippen LogP contribution is 2.21. The molecule has 1 unspecified atom stereocenters. The van der Waals surface area contributed by atoms with E-state index >= 15 is 0 Å². The number of carbonyl (C=O) groups is 1. The average Bonchev–Trinajstić information content (AvgIpc) is 2.46. The van der Waals surface area contributed by atoms with Gasteiger partial charge in [-0.3, -0.25) is 4.79 Å². The van der Waals surface area contributed by atoms with Gasteiger partial charge in [0.15, 0.2) is 0 Å². The predicted octanol–water partition coefficient (Wildman–Crippen LogP) is 6.23. The molecule has 0 saturated heterocycles. The van der Waals surface area contributed by atoms with Crippen molar-refractivity contribution in [3.8, 4) is 0 Å². The Balaban J connectivity index is 4.18. The van der Waals surface area contributed by atoms with Gasteiger partial charge >= 0.3 is 5.97 Å². The summed E-state index contributed by atoms with van der Waals surface area (Å²) in [7, 11) is 0. The zero-order valence-corrected chi connectivity index (χ0v) is 17.0. The van der Waals surface area contributed by atoms with Crippen molar-refractivity contribution in [1.82, 2.24) is 0 Å². The van der Waals surface area contributed by atoms with Crippen LogP contribution in [-0.2, 0) is 9.53 Å². The topological polar surface area (TPSA) is 26.3 Å². The SMILES string of the molecule is CCCC(=S)CCC(CCCCC(=O)OC(C)C)C(=S)CCC. The van der Waals surface area contributed by atoms with Gasteiger partial charge in [0, 0.05) is 6.42 Å². The van der Waals surface area contributed by atoms with Gasteiger partial charge < -0.3 is 4.74 Å². The van der Waals surface area contributed by atoms with Gasteiger partial charge in [-0.1, -0.05) is 57.5 Å². The molecule has 0 aliphatic rings. The highest BCUT2D eigenvalue weighted by molar-refractivity contribution is 7.80. The number of unbranched alkanes of at least 4 members (excludes halogenated alkanes) is 1. The van der Waals surface area contributed by atoms with Crippen molar-refractivity contribution in [2.24, 2.45) is 5.92 Å². The molecule has 0 heterocycles. The third-order valence-electron chi connectivity index (χ3n) is 3.80. The van der Waals surface area contributed by atoms with E-state index in [2.05, 4.69) is 13.8 Å². The van der Waals surface area contributed by atoms with Gasteiger partial charge in [-0.25, -0.2) is 0 Å². The number of carbonyl (C=O) groups excluding carboxylic acids is 1. The van der Waals surface area contributed by atoms with Crippen LogP contribution in [0.5, 0.6) is 0 Å². The summed E-state index contributed by atoms with van der Waals surface area (Å²) >= 11 is 11.0. The van der Waals surface area contributed by atoms with Crippen molar-refractivity contribution < 1.29 is 9.53 Å². The van der Waals surface area contributed by atoms with Crippen molar-refractivity contribution >= 4 is 40.1 Å². The third kappa shape index (κ3) is 12.7. The minimum Gasteiger partial charge on any atom is -0.463 e. The maximum atomic E-state index is 11.6. The third-order valence-corrected chi connectivity index (χ3v) is 4.75. The van der Waals surface area contributed by atoms with Crippen LogP contribution in [0.15, 0.2) is 0 Å². The van der Waals surface area contributed by atoms with Crippen molar-refractivity contribution in [2.75, 3.05) is 0 Å². The second kappa shape index (κ2) is 14.0. The number of esters is 1. The van der Waals surface area contributed by atoms with E-state index in [1.807, 2.05) is 13.8 Å². The van der Waals surface area contributed by atoms with Gasteiger partial charge in [0.2, 0.25) is 0 Å². The van der Waals surface area contributed by atoms with Crippen LogP contribution in [0.4, 0.5) is 0 Å². The molecule has 0 bridgehead atoms. The van der Waals surface area contributed by atoms with E-state index in [-0.39, 0.29) is 12.1 Å². The lowest BCUT2D eigenvalue weighted by Gasteiger charge is -2.18. The van der Waals surface area contributed by atoms with Crippen LogP contribution in [0.25, 0.3) is 0 Å². The molecule has 0 saturated carbocycles. The van der Waals surface area contributed by atoms with Crippen molar-refractivity contribution in [3.05, 3.63) is 0 Å². The first-order chi connectivity index (χ1) is 10.9. The summed E-state index contributed by atoms with van der Waals surface area (Å²) in [5, 5.41) is 0.